The van der Waals surface area contributed by atoms with Gasteiger partial charge in [0.15, 0.2) is 0 Å². The summed E-state index contributed by atoms with van der Waals surface area (Å²) in [6, 6.07) is 14.1. The fourth-order valence-corrected chi connectivity index (χ4v) is 3.60. The van der Waals surface area contributed by atoms with Crippen LogP contribution in [0, 0.1) is 0 Å². The lowest BCUT2D eigenvalue weighted by Crippen LogP contribution is -2.13. The third-order valence-electron chi connectivity index (χ3n) is 2.49. The summed E-state index contributed by atoms with van der Waals surface area (Å²) < 4.78 is 38.5. The molecule has 0 heterocycles. The number of halogens is 1. The Hall–Kier alpha value is -1.50. The lowest BCUT2D eigenvalue weighted by molar-refractivity contribution is 0.601. The van der Waals surface area contributed by atoms with Gasteiger partial charge in [-0.05, 0) is 46.9 Å². The molecule has 0 saturated carbocycles. The molecule has 0 spiro atoms. The first kappa shape index (κ1) is 14.9. The quantitative estimate of drug-likeness (QED) is 0.693. The van der Waals surface area contributed by atoms with E-state index >= 15 is 0 Å². The van der Waals surface area contributed by atoms with Gasteiger partial charge in [0.1, 0.15) is 0 Å². The standard InChI is InChI=1S/C13H12ClNO3S2/c1-19(14,16)12-8-5-9-13(10-12)20(17,18)15-11-6-3-2-4-7-11/h2-10,15H,1H2. The molecule has 0 aromatic heterocycles. The van der Waals surface area contributed by atoms with Crippen molar-refractivity contribution in [2.24, 2.45) is 0 Å². The third kappa shape index (κ3) is 3.53. The molecule has 0 aliphatic heterocycles. The summed E-state index contributed by atoms with van der Waals surface area (Å²) in [5.41, 5.74) is 0.444. The van der Waals surface area contributed by atoms with E-state index in [1.165, 1.54) is 24.3 Å². The number of hydrogen-bond acceptors (Lipinski definition) is 3. The smallest absolute Gasteiger partial charge is 0.261 e. The maximum atomic E-state index is 12.2. The summed E-state index contributed by atoms with van der Waals surface area (Å²) in [6.45, 7) is 0. The zero-order chi connectivity index (χ0) is 14.8. The largest absolute Gasteiger partial charge is 0.280 e. The summed E-state index contributed by atoms with van der Waals surface area (Å²) in [7, 11) is -1.09. The normalized spacial score (nSPS) is 14.4. The van der Waals surface area contributed by atoms with Gasteiger partial charge in [0.2, 0.25) is 0 Å². The van der Waals surface area contributed by atoms with E-state index in [1.807, 2.05) is 0 Å². The minimum absolute atomic E-state index is 0.0177. The maximum Gasteiger partial charge on any atom is 0.261 e. The minimum Gasteiger partial charge on any atom is -0.280 e. The molecule has 1 N–H and O–H groups in total. The summed E-state index contributed by atoms with van der Waals surface area (Å²) in [6.07, 6.45) is 0. The highest BCUT2D eigenvalue weighted by Crippen LogP contribution is 2.21. The second kappa shape index (κ2) is 5.47. The first-order valence-corrected chi connectivity index (χ1v) is 9.57. The predicted octanol–water partition coefficient (Wildman–Crippen LogP) is 2.72. The molecule has 0 amide bonds. The average molecular weight is 330 g/mol. The highest BCUT2D eigenvalue weighted by Gasteiger charge is 2.16. The summed E-state index contributed by atoms with van der Waals surface area (Å²) in [5, 5.41) is 0. The van der Waals surface area contributed by atoms with Gasteiger partial charge in [0, 0.05) is 10.6 Å². The van der Waals surface area contributed by atoms with Crippen molar-refractivity contribution in [3.05, 3.63) is 54.6 Å². The predicted molar refractivity (Wildman–Crippen MR) is 83.1 cm³/mol. The van der Waals surface area contributed by atoms with Gasteiger partial charge in [-0.1, -0.05) is 24.3 Å². The van der Waals surface area contributed by atoms with Crippen LogP contribution in [0.5, 0.6) is 0 Å². The molecule has 20 heavy (non-hydrogen) atoms. The number of para-hydroxylation sites is 1. The fraction of sp³-hybridized carbons (Fsp3) is 0. The van der Waals surface area contributed by atoms with E-state index < -0.39 is 18.8 Å². The van der Waals surface area contributed by atoms with Crippen molar-refractivity contribution in [1.82, 2.24) is 0 Å². The first-order valence-electron chi connectivity index (χ1n) is 5.54. The molecule has 0 aliphatic carbocycles. The Labute approximate surface area is 123 Å². The van der Waals surface area contributed by atoms with Crippen LogP contribution in [0.2, 0.25) is 0 Å². The van der Waals surface area contributed by atoms with Crippen LogP contribution in [-0.4, -0.2) is 18.5 Å². The van der Waals surface area contributed by atoms with Crippen LogP contribution < -0.4 is 4.72 Å². The summed E-state index contributed by atoms with van der Waals surface area (Å²) in [4.78, 5) is 0.158. The van der Waals surface area contributed by atoms with Gasteiger partial charge in [0.25, 0.3) is 10.0 Å². The van der Waals surface area contributed by atoms with Crippen molar-refractivity contribution < 1.29 is 12.6 Å². The van der Waals surface area contributed by atoms with Crippen LogP contribution in [0.1, 0.15) is 0 Å². The van der Waals surface area contributed by atoms with E-state index in [0.717, 1.165) is 0 Å². The molecule has 4 nitrogen and oxygen atoms in total. The Morgan fingerprint density at radius 3 is 2.10 bits per heavy atom. The van der Waals surface area contributed by atoms with Crippen LogP contribution in [0.15, 0.2) is 64.4 Å². The van der Waals surface area contributed by atoms with E-state index in [-0.39, 0.29) is 9.79 Å². The first-order chi connectivity index (χ1) is 9.29. The molecular formula is C13H12ClNO3S2. The second-order valence-corrected chi connectivity index (χ2v) is 8.88. The Morgan fingerprint density at radius 2 is 1.50 bits per heavy atom. The van der Waals surface area contributed by atoms with Crippen molar-refractivity contribution in [1.29, 1.82) is 0 Å². The summed E-state index contributed by atoms with van der Waals surface area (Å²) >= 11 is 0. The van der Waals surface area contributed by atoms with Gasteiger partial charge in [0.05, 0.1) is 13.6 Å². The Morgan fingerprint density at radius 1 is 0.900 bits per heavy atom. The lowest BCUT2D eigenvalue weighted by Gasteiger charge is -2.09. The molecule has 2 aromatic rings. The fourth-order valence-electron chi connectivity index (χ4n) is 1.55. The topological polar surface area (TPSA) is 63.2 Å². The maximum absolute atomic E-state index is 12.2. The highest BCUT2D eigenvalue weighted by atomic mass is 35.7. The zero-order valence-corrected chi connectivity index (χ0v) is 12.7. The molecule has 1 atom stereocenters. The van der Waals surface area contributed by atoms with Crippen molar-refractivity contribution in [3.8, 4) is 0 Å². The second-order valence-electron chi connectivity index (χ2n) is 4.04. The zero-order valence-electron chi connectivity index (χ0n) is 10.3. The highest BCUT2D eigenvalue weighted by molar-refractivity contribution is 8.21. The van der Waals surface area contributed by atoms with Crippen LogP contribution in [0.3, 0.4) is 0 Å². The van der Waals surface area contributed by atoms with E-state index in [9.17, 15) is 12.6 Å². The van der Waals surface area contributed by atoms with Crippen molar-refractivity contribution in [2.45, 2.75) is 9.79 Å². The SMILES string of the molecule is C=S(=O)(Cl)c1cccc(S(=O)(=O)Nc2ccccc2)c1. The number of hydrogen-bond donors (Lipinski definition) is 1. The molecule has 7 heteroatoms. The van der Waals surface area contributed by atoms with E-state index in [1.54, 1.807) is 30.3 Å². The molecule has 106 valence electrons. The molecule has 2 rings (SSSR count). The molecule has 2 aromatic carbocycles. The lowest BCUT2D eigenvalue weighted by atomic mass is 10.3. The van der Waals surface area contributed by atoms with Crippen LogP contribution >= 0.6 is 10.7 Å². The van der Waals surface area contributed by atoms with Crippen molar-refractivity contribution in [2.75, 3.05) is 4.72 Å². The monoisotopic (exact) mass is 329 g/mol. The van der Waals surface area contributed by atoms with Crippen molar-refractivity contribution in [3.63, 3.8) is 0 Å². The number of anilines is 1. The molecule has 0 radical (unpaired) electrons. The Bertz CT molecular complexity index is 816. The van der Waals surface area contributed by atoms with Gasteiger partial charge in [-0.15, -0.1) is 0 Å². The van der Waals surface area contributed by atoms with Crippen molar-refractivity contribution >= 4 is 41.0 Å². The Balaban J connectivity index is 2.40. The molecule has 0 aliphatic rings. The van der Waals surface area contributed by atoms with Gasteiger partial charge >= 0.3 is 0 Å². The van der Waals surface area contributed by atoms with Gasteiger partial charge in [-0.3, -0.25) is 4.72 Å². The average Bonchev–Trinajstić information content (AvgIpc) is 2.38. The molecule has 1 unspecified atom stereocenters. The summed E-state index contributed by atoms with van der Waals surface area (Å²) in [5.74, 6) is 3.33. The molecule has 0 bridgehead atoms. The van der Waals surface area contributed by atoms with Gasteiger partial charge in [-0.2, -0.15) is 0 Å². The van der Waals surface area contributed by atoms with Crippen LogP contribution in [0.4, 0.5) is 5.69 Å². The van der Waals surface area contributed by atoms with Crippen LogP contribution in [0.25, 0.3) is 0 Å². The molecule has 0 fully saturated rings. The number of rotatable bonds is 4. The third-order valence-corrected chi connectivity index (χ3v) is 5.37. The Kier molecular flexibility index (Phi) is 4.08. The number of nitrogens with one attached hydrogen (secondary N) is 1. The van der Waals surface area contributed by atoms with Gasteiger partial charge < -0.3 is 0 Å². The van der Waals surface area contributed by atoms with E-state index in [2.05, 4.69) is 10.6 Å². The van der Waals surface area contributed by atoms with E-state index in [0.29, 0.717) is 5.69 Å². The molecular weight excluding hydrogens is 318 g/mol. The number of benzene rings is 2. The molecule has 0 saturated heterocycles. The van der Waals surface area contributed by atoms with E-state index in [4.69, 9.17) is 10.7 Å². The number of sulfonamides is 1. The van der Waals surface area contributed by atoms with Crippen LogP contribution in [-0.2, 0) is 18.8 Å². The minimum atomic E-state index is -3.76. The van der Waals surface area contributed by atoms with Gasteiger partial charge in [-0.25, -0.2) is 12.6 Å².